The van der Waals surface area contributed by atoms with E-state index in [-0.39, 0.29) is 17.2 Å². The number of amides is 1. The lowest BCUT2D eigenvalue weighted by Crippen LogP contribution is -2.14. The lowest BCUT2D eigenvalue weighted by atomic mass is 10.2. The highest BCUT2D eigenvalue weighted by molar-refractivity contribution is 7.90. The summed E-state index contributed by atoms with van der Waals surface area (Å²) in [7, 11) is -3.30. The number of sulfone groups is 1. The van der Waals surface area contributed by atoms with Gasteiger partial charge >= 0.3 is 0 Å². The van der Waals surface area contributed by atoms with Gasteiger partial charge in [0.15, 0.2) is 15.0 Å². The zero-order valence-electron chi connectivity index (χ0n) is 14.9. The van der Waals surface area contributed by atoms with Gasteiger partial charge < -0.3 is 9.73 Å². The van der Waals surface area contributed by atoms with E-state index < -0.39 is 9.84 Å². The van der Waals surface area contributed by atoms with Crippen molar-refractivity contribution in [3.63, 3.8) is 0 Å². The van der Waals surface area contributed by atoms with Crippen molar-refractivity contribution in [3.8, 4) is 10.8 Å². The Morgan fingerprint density at radius 2 is 2.07 bits per heavy atom. The monoisotopic (exact) mass is 433 g/mol. The van der Waals surface area contributed by atoms with Crippen LogP contribution in [0.15, 0.2) is 45.0 Å². The van der Waals surface area contributed by atoms with Crippen molar-refractivity contribution < 1.29 is 17.6 Å². The second kappa shape index (κ2) is 7.12. The average molecular weight is 434 g/mol. The van der Waals surface area contributed by atoms with Crippen molar-refractivity contribution in [2.75, 3.05) is 11.6 Å². The maximum Gasteiger partial charge on any atom is 0.236 e. The Kier molecular flexibility index (Phi) is 4.77. The quantitative estimate of drug-likeness (QED) is 0.512. The van der Waals surface area contributed by atoms with Gasteiger partial charge in [0.05, 0.1) is 32.1 Å². The fourth-order valence-corrected chi connectivity index (χ4v) is 4.89. The van der Waals surface area contributed by atoms with Crippen molar-refractivity contribution in [1.29, 1.82) is 0 Å². The van der Waals surface area contributed by atoms with Crippen LogP contribution in [0.25, 0.3) is 21.0 Å². The van der Waals surface area contributed by atoms with Crippen LogP contribution in [0.3, 0.4) is 0 Å². The summed E-state index contributed by atoms with van der Waals surface area (Å²) in [5.41, 5.74) is 1.20. The molecule has 3 aromatic heterocycles. The van der Waals surface area contributed by atoms with Gasteiger partial charge in [-0.1, -0.05) is 17.4 Å². The van der Waals surface area contributed by atoms with E-state index >= 15 is 0 Å². The van der Waals surface area contributed by atoms with E-state index in [0.29, 0.717) is 32.7 Å². The average Bonchev–Trinajstić information content (AvgIpc) is 3.33. The van der Waals surface area contributed by atoms with Crippen LogP contribution in [-0.2, 0) is 21.1 Å². The Balaban J connectivity index is 1.51. The van der Waals surface area contributed by atoms with Gasteiger partial charge in [0.1, 0.15) is 5.76 Å². The van der Waals surface area contributed by atoms with Gasteiger partial charge in [-0.3, -0.25) is 4.79 Å². The molecule has 0 bridgehead atoms. The standard InChI is InChI=1S/C18H15N3O4S3/c1-10-13(19-17(25-10)14-4-3-7-26-14)9-16(22)21-18-20-12-6-5-11(28(2,23)24)8-15(12)27-18/h3-8H,9H2,1-2H3,(H,20,21,22). The minimum absolute atomic E-state index is 0.0607. The van der Waals surface area contributed by atoms with Crippen LogP contribution in [-0.4, -0.2) is 30.5 Å². The number of rotatable bonds is 5. The molecule has 144 valence electrons. The zero-order chi connectivity index (χ0) is 19.9. The number of hydrogen-bond donors (Lipinski definition) is 1. The largest absolute Gasteiger partial charge is 0.440 e. The second-order valence-electron chi connectivity index (χ2n) is 6.14. The molecule has 0 aliphatic carbocycles. The molecule has 1 N–H and O–H groups in total. The van der Waals surface area contributed by atoms with Crippen LogP contribution in [0.5, 0.6) is 0 Å². The Morgan fingerprint density at radius 3 is 2.79 bits per heavy atom. The molecule has 0 aliphatic rings. The predicted molar refractivity (Wildman–Crippen MR) is 110 cm³/mol. The van der Waals surface area contributed by atoms with Gasteiger partial charge in [-0.2, -0.15) is 0 Å². The highest BCUT2D eigenvalue weighted by Crippen LogP contribution is 2.29. The fraction of sp³-hybridized carbons (Fsp3) is 0.167. The van der Waals surface area contributed by atoms with Crippen LogP contribution in [0, 0.1) is 6.92 Å². The number of aromatic nitrogens is 2. The summed E-state index contributed by atoms with van der Waals surface area (Å²) in [4.78, 5) is 22.3. The molecular formula is C18H15N3O4S3. The highest BCUT2D eigenvalue weighted by Gasteiger charge is 2.17. The third-order valence-electron chi connectivity index (χ3n) is 3.99. The molecule has 0 fully saturated rings. The summed E-state index contributed by atoms with van der Waals surface area (Å²) in [6, 6.07) is 8.52. The second-order valence-corrected chi connectivity index (χ2v) is 10.1. The number of aryl methyl sites for hydroxylation is 1. The number of carbonyl (C=O) groups excluding carboxylic acids is 1. The van der Waals surface area contributed by atoms with Gasteiger partial charge in [-0.05, 0) is 36.6 Å². The van der Waals surface area contributed by atoms with Crippen molar-refractivity contribution in [2.24, 2.45) is 0 Å². The first-order valence-corrected chi connectivity index (χ1v) is 11.8. The number of thiophene rings is 1. The van der Waals surface area contributed by atoms with Gasteiger partial charge in [0.2, 0.25) is 11.8 Å². The molecule has 10 heteroatoms. The highest BCUT2D eigenvalue weighted by atomic mass is 32.2. The molecule has 1 amide bonds. The molecule has 0 spiro atoms. The first-order valence-electron chi connectivity index (χ1n) is 8.20. The molecule has 3 heterocycles. The maximum atomic E-state index is 12.4. The lowest BCUT2D eigenvalue weighted by molar-refractivity contribution is -0.115. The molecule has 7 nitrogen and oxygen atoms in total. The number of anilines is 1. The zero-order valence-corrected chi connectivity index (χ0v) is 17.4. The third kappa shape index (κ3) is 3.84. The van der Waals surface area contributed by atoms with Crippen LogP contribution in [0.2, 0.25) is 0 Å². The van der Waals surface area contributed by atoms with Crippen molar-refractivity contribution in [3.05, 3.63) is 47.2 Å². The van der Waals surface area contributed by atoms with Gasteiger partial charge in [-0.25, -0.2) is 18.4 Å². The number of hydrogen-bond acceptors (Lipinski definition) is 8. The molecule has 28 heavy (non-hydrogen) atoms. The number of oxazole rings is 1. The summed E-state index contributed by atoms with van der Waals surface area (Å²) in [5, 5.41) is 5.09. The molecule has 0 radical (unpaired) electrons. The smallest absolute Gasteiger partial charge is 0.236 e. The Hall–Kier alpha value is -2.56. The fourth-order valence-electron chi connectivity index (χ4n) is 2.60. The topological polar surface area (TPSA) is 102 Å². The number of nitrogens with zero attached hydrogens (tertiary/aromatic N) is 2. The molecule has 4 aromatic rings. The first-order chi connectivity index (χ1) is 13.3. The third-order valence-corrected chi connectivity index (χ3v) is 6.89. The van der Waals surface area contributed by atoms with Crippen molar-refractivity contribution in [2.45, 2.75) is 18.2 Å². The summed E-state index contributed by atoms with van der Waals surface area (Å²) < 4.78 is 29.7. The summed E-state index contributed by atoms with van der Waals surface area (Å²) in [5.74, 6) is 0.834. The molecule has 0 unspecified atom stereocenters. The van der Waals surface area contributed by atoms with Gasteiger partial charge in [-0.15, -0.1) is 11.3 Å². The Labute approximate surface area is 169 Å². The van der Waals surface area contributed by atoms with E-state index in [1.165, 1.54) is 28.7 Å². The number of carbonyl (C=O) groups is 1. The Bertz CT molecular complexity index is 1270. The van der Waals surface area contributed by atoms with Gasteiger partial charge in [0, 0.05) is 6.26 Å². The predicted octanol–water partition coefficient (Wildman–Crippen LogP) is 3.91. The molecule has 4 rings (SSSR count). The van der Waals surface area contributed by atoms with E-state index in [1.54, 1.807) is 19.1 Å². The minimum atomic E-state index is -3.30. The SMILES string of the molecule is Cc1oc(-c2cccs2)nc1CC(=O)Nc1nc2ccc(S(C)(=O)=O)cc2s1. The van der Waals surface area contributed by atoms with Crippen LogP contribution >= 0.6 is 22.7 Å². The first kappa shape index (κ1) is 18.8. The summed E-state index contributed by atoms with van der Waals surface area (Å²) in [6.07, 6.45) is 1.22. The molecule has 0 saturated heterocycles. The number of nitrogens with one attached hydrogen (secondary N) is 1. The van der Waals surface area contributed by atoms with Crippen LogP contribution in [0.1, 0.15) is 11.5 Å². The summed E-state index contributed by atoms with van der Waals surface area (Å²) >= 11 is 2.74. The maximum absolute atomic E-state index is 12.4. The molecule has 0 aliphatic heterocycles. The molecular weight excluding hydrogens is 418 g/mol. The minimum Gasteiger partial charge on any atom is -0.440 e. The number of benzene rings is 1. The van der Waals surface area contributed by atoms with E-state index in [1.807, 2.05) is 17.5 Å². The molecule has 0 atom stereocenters. The Morgan fingerprint density at radius 1 is 1.25 bits per heavy atom. The van der Waals surface area contributed by atoms with Crippen LogP contribution in [0.4, 0.5) is 5.13 Å². The lowest BCUT2D eigenvalue weighted by Gasteiger charge is -1.99. The van der Waals surface area contributed by atoms with E-state index in [2.05, 4.69) is 15.3 Å². The van der Waals surface area contributed by atoms with E-state index in [0.717, 1.165) is 11.1 Å². The number of fused-ring (bicyclic) bond motifs is 1. The normalized spacial score (nSPS) is 11.8. The van der Waals surface area contributed by atoms with Crippen molar-refractivity contribution in [1.82, 2.24) is 9.97 Å². The van der Waals surface area contributed by atoms with E-state index in [4.69, 9.17) is 4.42 Å². The molecule has 0 saturated carbocycles. The summed E-state index contributed by atoms with van der Waals surface area (Å²) in [6.45, 7) is 1.77. The van der Waals surface area contributed by atoms with Crippen molar-refractivity contribution >= 4 is 53.8 Å². The number of thiazole rings is 1. The van der Waals surface area contributed by atoms with Crippen LogP contribution < -0.4 is 5.32 Å². The van der Waals surface area contributed by atoms with E-state index in [9.17, 15) is 13.2 Å². The van der Waals surface area contributed by atoms with Gasteiger partial charge in [0.25, 0.3) is 0 Å². The molecule has 1 aromatic carbocycles.